The highest BCUT2D eigenvalue weighted by Crippen LogP contribution is 2.33. The van der Waals surface area contributed by atoms with Gasteiger partial charge in [0, 0.05) is 25.7 Å². The van der Waals surface area contributed by atoms with E-state index in [1.807, 2.05) is 56.3 Å². The summed E-state index contributed by atoms with van der Waals surface area (Å²) < 4.78 is 11.1. The summed E-state index contributed by atoms with van der Waals surface area (Å²) in [5, 5.41) is 0.566. The van der Waals surface area contributed by atoms with E-state index in [0.29, 0.717) is 47.6 Å². The van der Waals surface area contributed by atoms with Crippen LogP contribution in [-0.2, 0) is 9.53 Å². The maximum Gasteiger partial charge on any atom is 0.266 e. The van der Waals surface area contributed by atoms with Gasteiger partial charge in [-0.05, 0) is 67.6 Å². The van der Waals surface area contributed by atoms with E-state index in [1.54, 1.807) is 24.1 Å². The summed E-state index contributed by atoms with van der Waals surface area (Å²) in [6.07, 6.45) is 1.92. The minimum atomic E-state index is -0.116. The average Bonchev–Trinajstić information content (AvgIpc) is 3.07. The zero-order valence-corrected chi connectivity index (χ0v) is 19.8. The molecule has 0 saturated carbocycles. The van der Waals surface area contributed by atoms with Crippen molar-refractivity contribution in [3.8, 4) is 5.75 Å². The topological polar surface area (TPSA) is 71.4 Å². The molecule has 2 aromatic rings. The van der Waals surface area contributed by atoms with Crippen molar-refractivity contribution in [2.24, 2.45) is 4.99 Å². The van der Waals surface area contributed by atoms with Gasteiger partial charge in [0.1, 0.15) is 5.75 Å². The zero-order valence-electron chi connectivity index (χ0n) is 19.0. The van der Waals surface area contributed by atoms with Gasteiger partial charge in [0.25, 0.3) is 11.8 Å². The molecule has 2 aliphatic rings. The maximum atomic E-state index is 12.8. The van der Waals surface area contributed by atoms with Crippen LogP contribution in [0.25, 0.3) is 6.08 Å². The van der Waals surface area contributed by atoms with Crippen LogP contribution in [0.3, 0.4) is 0 Å². The lowest BCUT2D eigenvalue weighted by Crippen LogP contribution is -2.40. The van der Waals surface area contributed by atoms with E-state index in [1.165, 1.54) is 16.7 Å². The summed E-state index contributed by atoms with van der Waals surface area (Å²) >= 11 is 1.31. The van der Waals surface area contributed by atoms with E-state index in [2.05, 4.69) is 4.99 Å². The minimum absolute atomic E-state index is 0.0343. The standard InChI is InChI=1S/C25H27N3O4S/c1-17(2)32-21-9-4-6-18(14-21)15-22-24(30)27(3)25(33-22)26-20-8-5-7-19(16-20)23(29)28-10-12-31-13-11-28/h4-9,14-17H,10-13H2,1-3H3/b22-15+,26-25?. The van der Waals surface area contributed by atoms with Gasteiger partial charge in [0.05, 0.1) is 29.9 Å². The second kappa shape index (κ2) is 10.2. The SMILES string of the molecule is CC(C)Oc1cccc(/C=C2/SC(=Nc3cccc(C(=O)N4CCOCC4)c3)N(C)C2=O)c1. The number of ether oxygens (including phenoxy) is 2. The van der Waals surface area contributed by atoms with E-state index in [-0.39, 0.29) is 17.9 Å². The predicted octanol–water partition coefficient (Wildman–Crippen LogP) is 4.18. The van der Waals surface area contributed by atoms with Crippen molar-refractivity contribution in [1.82, 2.24) is 9.80 Å². The Hall–Kier alpha value is -3.10. The number of hydrogen-bond donors (Lipinski definition) is 0. The minimum Gasteiger partial charge on any atom is -0.491 e. The molecule has 2 aliphatic heterocycles. The number of hydrogen-bond acceptors (Lipinski definition) is 6. The average molecular weight is 466 g/mol. The van der Waals surface area contributed by atoms with Crippen LogP contribution >= 0.6 is 11.8 Å². The smallest absolute Gasteiger partial charge is 0.266 e. The molecule has 2 saturated heterocycles. The summed E-state index contributed by atoms with van der Waals surface area (Å²) in [6, 6.07) is 14.8. The van der Waals surface area contributed by atoms with Crippen molar-refractivity contribution in [3.63, 3.8) is 0 Å². The summed E-state index contributed by atoms with van der Waals surface area (Å²) in [4.78, 5) is 34.1. The molecule has 33 heavy (non-hydrogen) atoms. The van der Waals surface area contributed by atoms with Crippen LogP contribution in [0, 0.1) is 0 Å². The van der Waals surface area contributed by atoms with Crippen LogP contribution in [0.1, 0.15) is 29.8 Å². The number of morpholine rings is 1. The Morgan fingerprint density at radius 1 is 1.15 bits per heavy atom. The van der Waals surface area contributed by atoms with Gasteiger partial charge in [-0.25, -0.2) is 4.99 Å². The number of amidine groups is 1. The number of carbonyl (C=O) groups excluding carboxylic acids is 2. The molecule has 0 bridgehead atoms. The van der Waals surface area contributed by atoms with Crippen molar-refractivity contribution < 1.29 is 19.1 Å². The summed E-state index contributed by atoms with van der Waals surface area (Å²) in [6.45, 7) is 6.23. The predicted molar refractivity (Wildman–Crippen MR) is 131 cm³/mol. The molecular weight excluding hydrogens is 438 g/mol. The molecule has 172 valence electrons. The Morgan fingerprint density at radius 3 is 2.67 bits per heavy atom. The van der Waals surface area contributed by atoms with Gasteiger partial charge in [-0.15, -0.1) is 0 Å². The number of rotatable bonds is 5. The van der Waals surface area contributed by atoms with E-state index >= 15 is 0 Å². The Balaban J connectivity index is 1.53. The number of thioether (sulfide) groups is 1. The van der Waals surface area contributed by atoms with Crippen LogP contribution in [-0.4, -0.2) is 66.2 Å². The lowest BCUT2D eigenvalue weighted by atomic mass is 10.1. The maximum absolute atomic E-state index is 12.8. The fourth-order valence-electron chi connectivity index (χ4n) is 3.52. The van der Waals surface area contributed by atoms with Gasteiger partial charge in [0.15, 0.2) is 5.17 Å². The molecule has 2 amide bonds. The molecule has 0 atom stereocenters. The quantitative estimate of drug-likeness (QED) is 0.620. The van der Waals surface area contributed by atoms with Crippen LogP contribution < -0.4 is 4.74 Å². The molecule has 8 heteroatoms. The highest BCUT2D eigenvalue weighted by molar-refractivity contribution is 8.18. The third kappa shape index (κ3) is 5.64. The molecule has 2 aromatic carbocycles. The van der Waals surface area contributed by atoms with Crippen molar-refractivity contribution in [2.45, 2.75) is 20.0 Å². The molecule has 0 unspecified atom stereocenters. The zero-order chi connectivity index (χ0) is 23.4. The first-order chi connectivity index (χ1) is 15.9. The number of carbonyl (C=O) groups is 2. The highest BCUT2D eigenvalue weighted by Gasteiger charge is 2.30. The van der Waals surface area contributed by atoms with Crippen molar-refractivity contribution >= 4 is 40.5 Å². The molecule has 7 nitrogen and oxygen atoms in total. The first-order valence-corrected chi connectivity index (χ1v) is 11.7. The second-order valence-electron chi connectivity index (χ2n) is 8.06. The summed E-state index contributed by atoms with van der Waals surface area (Å²) in [5.74, 6) is 0.612. The molecular formula is C25H27N3O4S. The Kier molecular flexibility index (Phi) is 7.15. The lowest BCUT2D eigenvalue weighted by molar-refractivity contribution is -0.121. The number of nitrogens with zero attached hydrogens (tertiary/aromatic N) is 3. The molecule has 0 radical (unpaired) electrons. The molecule has 0 aromatic heterocycles. The van der Waals surface area contributed by atoms with Crippen molar-refractivity contribution in [2.75, 3.05) is 33.4 Å². The third-order valence-electron chi connectivity index (χ3n) is 5.15. The molecule has 2 heterocycles. The lowest BCUT2D eigenvalue weighted by Gasteiger charge is -2.26. The van der Waals surface area contributed by atoms with E-state index in [9.17, 15) is 9.59 Å². The monoisotopic (exact) mass is 465 g/mol. The van der Waals surface area contributed by atoms with Gasteiger partial charge in [-0.1, -0.05) is 18.2 Å². The molecule has 2 fully saturated rings. The van der Waals surface area contributed by atoms with Gasteiger partial charge in [0.2, 0.25) is 0 Å². The Labute approximate surface area is 198 Å². The van der Waals surface area contributed by atoms with Crippen molar-refractivity contribution in [1.29, 1.82) is 0 Å². The number of aliphatic imine (C=N–C) groups is 1. The van der Waals surface area contributed by atoms with Gasteiger partial charge in [-0.3, -0.25) is 14.5 Å². The van der Waals surface area contributed by atoms with E-state index in [0.717, 1.165) is 11.3 Å². The molecule has 0 spiro atoms. The van der Waals surface area contributed by atoms with Gasteiger partial charge >= 0.3 is 0 Å². The second-order valence-corrected chi connectivity index (χ2v) is 9.07. The van der Waals surface area contributed by atoms with E-state index < -0.39 is 0 Å². The van der Waals surface area contributed by atoms with Crippen LogP contribution in [0.4, 0.5) is 5.69 Å². The van der Waals surface area contributed by atoms with Gasteiger partial charge in [-0.2, -0.15) is 0 Å². The summed E-state index contributed by atoms with van der Waals surface area (Å²) in [5.41, 5.74) is 2.09. The van der Waals surface area contributed by atoms with Crippen LogP contribution in [0.2, 0.25) is 0 Å². The van der Waals surface area contributed by atoms with Crippen LogP contribution in [0.5, 0.6) is 5.75 Å². The highest BCUT2D eigenvalue weighted by atomic mass is 32.2. The first-order valence-electron chi connectivity index (χ1n) is 10.9. The first kappa shape index (κ1) is 23.1. The number of benzene rings is 2. The normalized spacial score (nSPS) is 19.1. The van der Waals surface area contributed by atoms with Crippen LogP contribution in [0.15, 0.2) is 58.4 Å². The fourth-order valence-corrected chi connectivity index (χ4v) is 4.51. The van der Waals surface area contributed by atoms with E-state index in [4.69, 9.17) is 9.47 Å². The largest absolute Gasteiger partial charge is 0.491 e. The van der Waals surface area contributed by atoms with Gasteiger partial charge < -0.3 is 14.4 Å². The molecule has 0 N–H and O–H groups in total. The number of likely N-dealkylation sites (N-methyl/N-ethyl adjacent to an activating group) is 1. The Bertz CT molecular complexity index is 1110. The molecule has 4 rings (SSSR count). The third-order valence-corrected chi connectivity index (χ3v) is 6.21. The fraction of sp³-hybridized carbons (Fsp3) is 0.320. The number of amides is 2. The Morgan fingerprint density at radius 2 is 1.91 bits per heavy atom. The van der Waals surface area contributed by atoms with Crippen molar-refractivity contribution in [3.05, 3.63) is 64.6 Å². The summed E-state index contributed by atoms with van der Waals surface area (Å²) in [7, 11) is 1.70. The molecule has 0 aliphatic carbocycles.